The van der Waals surface area contributed by atoms with E-state index in [9.17, 15) is 4.79 Å². The molecule has 0 radical (unpaired) electrons. The Labute approximate surface area is 118 Å². The van der Waals surface area contributed by atoms with Gasteiger partial charge in [0.05, 0.1) is 6.61 Å². The van der Waals surface area contributed by atoms with Gasteiger partial charge < -0.3 is 18.9 Å². The lowest BCUT2D eigenvalue weighted by Gasteiger charge is -2.22. The molecule has 0 amide bonds. The highest BCUT2D eigenvalue weighted by Crippen LogP contribution is 2.32. The normalized spacial score (nSPS) is 15.0. The first-order valence-electron chi connectivity index (χ1n) is 6.58. The van der Waals surface area contributed by atoms with Crippen LogP contribution in [0, 0.1) is 0 Å². The Kier molecular flexibility index (Phi) is 4.18. The Morgan fingerprint density at radius 2 is 2.00 bits per heavy atom. The fourth-order valence-corrected chi connectivity index (χ4v) is 1.70. The van der Waals surface area contributed by atoms with E-state index in [1.54, 1.807) is 6.92 Å². The van der Waals surface area contributed by atoms with Gasteiger partial charge in [-0.05, 0) is 45.4 Å². The second kappa shape index (κ2) is 5.71. The summed E-state index contributed by atoms with van der Waals surface area (Å²) in [5, 5.41) is 0. The van der Waals surface area contributed by atoms with Gasteiger partial charge in [0, 0.05) is 0 Å². The Bertz CT molecular complexity index is 490. The van der Waals surface area contributed by atoms with Crippen LogP contribution in [0.4, 0.5) is 0 Å². The molecule has 5 heteroatoms. The van der Waals surface area contributed by atoms with E-state index in [1.165, 1.54) is 0 Å². The van der Waals surface area contributed by atoms with Crippen LogP contribution in [0.3, 0.4) is 0 Å². The van der Waals surface area contributed by atoms with E-state index >= 15 is 0 Å². The first-order valence-corrected chi connectivity index (χ1v) is 6.58. The topological polar surface area (TPSA) is 54.0 Å². The van der Waals surface area contributed by atoms with Gasteiger partial charge in [0.15, 0.2) is 17.6 Å². The second-order valence-electron chi connectivity index (χ2n) is 5.67. The molecule has 0 spiro atoms. The lowest BCUT2D eigenvalue weighted by atomic mass is 10.2. The van der Waals surface area contributed by atoms with E-state index < -0.39 is 11.7 Å². The van der Waals surface area contributed by atoms with Crippen LogP contribution >= 0.6 is 0 Å². The summed E-state index contributed by atoms with van der Waals surface area (Å²) in [6.07, 6.45) is -0.611. The van der Waals surface area contributed by atoms with Crippen molar-refractivity contribution in [3.8, 4) is 11.5 Å². The van der Waals surface area contributed by atoms with Gasteiger partial charge in [-0.3, -0.25) is 0 Å². The molecule has 0 aromatic heterocycles. The van der Waals surface area contributed by atoms with Gasteiger partial charge in [-0.15, -0.1) is 0 Å². The smallest absolute Gasteiger partial charge is 0.335 e. The quantitative estimate of drug-likeness (QED) is 0.794. The first-order chi connectivity index (χ1) is 9.35. The summed E-state index contributed by atoms with van der Waals surface area (Å²) in [7, 11) is 0. The minimum Gasteiger partial charge on any atom is -0.458 e. The zero-order chi connectivity index (χ0) is 14.8. The summed E-state index contributed by atoms with van der Waals surface area (Å²) in [6.45, 7) is 7.73. The van der Waals surface area contributed by atoms with Crippen LogP contribution < -0.4 is 9.47 Å². The fraction of sp³-hybridized carbons (Fsp3) is 0.533. The van der Waals surface area contributed by atoms with Crippen molar-refractivity contribution in [2.24, 2.45) is 0 Å². The van der Waals surface area contributed by atoms with Gasteiger partial charge in [-0.25, -0.2) is 4.79 Å². The van der Waals surface area contributed by atoms with E-state index in [0.29, 0.717) is 12.4 Å². The molecular weight excluding hydrogens is 260 g/mol. The molecule has 0 saturated carbocycles. The number of carbonyl (C=O) groups is 1. The highest BCUT2D eigenvalue weighted by Gasteiger charge is 2.22. The zero-order valence-corrected chi connectivity index (χ0v) is 12.3. The predicted molar refractivity (Wildman–Crippen MR) is 72.7 cm³/mol. The van der Waals surface area contributed by atoms with Gasteiger partial charge in [-0.2, -0.15) is 0 Å². The van der Waals surface area contributed by atoms with Crippen molar-refractivity contribution < 1.29 is 23.7 Å². The molecular formula is C15H20O5. The zero-order valence-electron chi connectivity index (χ0n) is 12.3. The molecule has 1 atom stereocenters. The summed E-state index contributed by atoms with van der Waals surface area (Å²) in [4.78, 5) is 11.8. The predicted octanol–water partition coefficient (Wildman–Crippen LogP) is 2.66. The van der Waals surface area contributed by atoms with Gasteiger partial charge in [0.25, 0.3) is 0 Å². The molecule has 1 aliphatic heterocycles. The van der Waals surface area contributed by atoms with Crippen molar-refractivity contribution >= 4 is 5.97 Å². The fourth-order valence-electron chi connectivity index (χ4n) is 1.70. The number of hydrogen-bond donors (Lipinski definition) is 0. The van der Waals surface area contributed by atoms with Crippen molar-refractivity contribution in [3.63, 3.8) is 0 Å². The number of hydrogen-bond acceptors (Lipinski definition) is 5. The molecule has 0 bridgehead atoms. The lowest BCUT2D eigenvalue weighted by Crippen LogP contribution is -2.31. The third-order valence-electron chi connectivity index (χ3n) is 2.68. The van der Waals surface area contributed by atoms with E-state index in [2.05, 4.69) is 0 Å². The van der Waals surface area contributed by atoms with Crippen molar-refractivity contribution in [1.82, 2.24) is 0 Å². The molecule has 20 heavy (non-hydrogen) atoms. The molecule has 0 saturated heterocycles. The highest BCUT2D eigenvalue weighted by atomic mass is 16.7. The molecule has 2 rings (SSSR count). The molecule has 0 aliphatic carbocycles. The summed E-state index contributed by atoms with van der Waals surface area (Å²) in [5.41, 5.74) is 0.414. The molecule has 0 N–H and O–H groups in total. The SMILES string of the molecule is CC(OCc1ccc2c(c1)OCO2)C(=O)OC(C)(C)C. The minimum absolute atomic E-state index is 0.244. The van der Waals surface area contributed by atoms with Crippen LogP contribution in [-0.2, 0) is 20.9 Å². The maximum Gasteiger partial charge on any atom is 0.335 e. The Morgan fingerprint density at radius 3 is 2.70 bits per heavy atom. The van der Waals surface area contributed by atoms with Crippen LogP contribution in [-0.4, -0.2) is 24.5 Å². The molecule has 0 fully saturated rings. The summed E-state index contributed by atoms with van der Waals surface area (Å²) >= 11 is 0. The van der Waals surface area contributed by atoms with E-state index in [4.69, 9.17) is 18.9 Å². The van der Waals surface area contributed by atoms with E-state index in [0.717, 1.165) is 11.3 Å². The van der Waals surface area contributed by atoms with Gasteiger partial charge >= 0.3 is 5.97 Å². The van der Waals surface area contributed by atoms with Gasteiger partial charge in [0.2, 0.25) is 6.79 Å². The van der Waals surface area contributed by atoms with Crippen molar-refractivity contribution in [1.29, 1.82) is 0 Å². The third-order valence-corrected chi connectivity index (χ3v) is 2.68. The third kappa shape index (κ3) is 3.87. The molecule has 1 aromatic carbocycles. The number of fused-ring (bicyclic) bond motifs is 1. The van der Waals surface area contributed by atoms with Gasteiger partial charge in [-0.1, -0.05) is 6.07 Å². The average molecular weight is 280 g/mol. The monoisotopic (exact) mass is 280 g/mol. The summed E-state index contributed by atoms with van der Waals surface area (Å²) in [6, 6.07) is 5.57. The second-order valence-corrected chi connectivity index (χ2v) is 5.67. The van der Waals surface area contributed by atoms with Crippen molar-refractivity contribution in [2.75, 3.05) is 6.79 Å². The Morgan fingerprint density at radius 1 is 1.30 bits per heavy atom. The number of rotatable bonds is 4. The van der Waals surface area contributed by atoms with Crippen LogP contribution in [0.1, 0.15) is 33.3 Å². The molecule has 1 aromatic rings. The Balaban J connectivity index is 1.87. The standard InChI is InChI=1S/C15H20O5/c1-10(14(16)20-15(2,3)4)17-8-11-5-6-12-13(7-11)19-9-18-12/h5-7,10H,8-9H2,1-4H3. The van der Waals surface area contributed by atoms with Crippen LogP contribution in [0.25, 0.3) is 0 Å². The summed E-state index contributed by atoms with van der Waals surface area (Å²) in [5.74, 6) is 1.07. The number of carbonyl (C=O) groups excluding carboxylic acids is 1. The molecule has 5 nitrogen and oxygen atoms in total. The summed E-state index contributed by atoms with van der Waals surface area (Å²) < 4.78 is 21.3. The molecule has 1 unspecified atom stereocenters. The van der Waals surface area contributed by atoms with Crippen LogP contribution in [0.15, 0.2) is 18.2 Å². The molecule has 1 heterocycles. The maximum absolute atomic E-state index is 11.8. The van der Waals surface area contributed by atoms with Crippen LogP contribution in [0.2, 0.25) is 0 Å². The van der Waals surface area contributed by atoms with Crippen molar-refractivity contribution in [3.05, 3.63) is 23.8 Å². The average Bonchev–Trinajstić information content (AvgIpc) is 2.81. The molecule has 1 aliphatic rings. The highest BCUT2D eigenvalue weighted by molar-refractivity contribution is 5.74. The number of esters is 1. The van der Waals surface area contributed by atoms with E-state index in [1.807, 2.05) is 39.0 Å². The maximum atomic E-state index is 11.8. The van der Waals surface area contributed by atoms with Crippen LogP contribution in [0.5, 0.6) is 11.5 Å². The molecule has 110 valence electrons. The minimum atomic E-state index is -0.611. The van der Waals surface area contributed by atoms with Crippen molar-refractivity contribution in [2.45, 2.75) is 46.0 Å². The lowest BCUT2D eigenvalue weighted by molar-refractivity contribution is -0.168. The number of ether oxygens (including phenoxy) is 4. The van der Waals surface area contributed by atoms with E-state index in [-0.39, 0.29) is 12.8 Å². The Hall–Kier alpha value is -1.75. The largest absolute Gasteiger partial charge is 0.458 e. The van der Waals surface area contributed by atoms with Gasteiger partial charge in [0.1, 0.15) is 5.60 Å². The number of benzene rings is 1. The first kappa shape index (κ1) is 14.7.